The molecule has 0 bridgehead atoms. The molecule has 8 heteroatoms. The van der Waals surface area contributed by atoms with E-state index in [1.165, 1.54) is 17.0 Å². The first-order valence-electron chi connectivity index (χ1n) is 11.6. The van der Waals surface area contributed by atoms with Crippen molar-refractivity contribution >= 4 is 34.4 Å². The average molecular weight is 484 g/mol. The number of nitrogens with one attached hydrogen (secondary N) is 1. The van der Waals surface area contributed by atoms with Gasteiger partial charge in [-0.05, 0) is 47.9 Å². The van der Waals surface area contributed by atoms with Crippen molar-refractivity contribution in [1.29, 1.82) is 0 Å². The van der Waals surface area contributed by atoms with E-state index in [4.69, 9.17) is 4.74 Å². The lowest BCUT2D eigenvalue weighted by Crippen LogP contribution is -2.30. The van der Waals surface area contributed by atoms with Crippen molar-refractivity contribution in [2.45, 2.75) is 19.9 Å². The molecule has 5 rings (SSSR count). The summed E-state index contributed by atoms with van der Waals surface area (Å²) in [4.78, 5) is 35.5. The molecule has 4 aromatic rings. The fraction of sp³-hybridized carbons (Fsp3) is 0.179. The molecular formula is C28H25N3O5. The number of rotatable bonds is 6. The summed E-state index contributed by atoms with van der Waals surface area (Å²) in [6.45, 7) is 4.55. The van der Waals surface area contributed by atoms with Crippen molar-refractivity contribution in [2.75, 3.05) is 11.5 Å². The minimum Gasteiger partial charge on any atom is -0.508 e. The van der Waals surface area contributed by atoms with Gasteiger partial charge in [-0.3, -0.25) is 14.5 Å². The van der Waals surface area contributed by atoms with Crippen LogP contribution in [-0.2, 0) is 9.59 Å². The Bertz CT molecular complexity index is 1450. The number of benzene rings is 3. The number of aliphatic hydroxyl groups excluding tert-OH is 1. The van der Waals surface area contributed by atoms with Crippen LogP contribution in [0.1, 0.15) is 31.0 Å². The molecule has 1 atom stereocenters. The lowest BCUT2D eigenvalue weighted by Gasteiger charge is -2.23. The summed E-state index contributed by atoms with van der Waals surface area (Å²) in [5.41, 5.74) is 2.14. The first-order valence-corrected chi connectivity index (χ1v) is 11.6. The molecule has 1 amide bonds. The van der Waals surface area contributed by atoms with Gasteiger partial charge in [0.15, 0.2) is 0 Å². The summed E-state index contributed by atoms with van der Waals surface area (Å²) >= 11 is 0. The predicted molar refractivity (Wildman–Crippen MR) is 136 cm³/mol. The van der Waals surface area contributed by atoms with Crippen molar-refractivity contribution in [1.82, 2.24) is 9.97 Å². The molecule has 3 N–H and O–H groups in total. The third-order valence-electron chi connectivity index (χ3n) is 5.95. The lowest BCUT2D eigenvalue weighted by molar-refractivity contribution is -0.132. The Morgan fingerprint density at radius 2 is 1.81 bits per heavy atom. The van der Waals surface area contributed by atoms with Gasteiger partial charge in [0.1, 0.15) is 17.3 Å². The van der Waals surface area contributed by atoms with Crippen LogP contribution in [0.25, 0.3) is 16.8 Å². The van der Waals surface area contributed by atoms with Crippen molar-refractivity contribution in [3.8, 4) is 11.5 Å². The number of anilines is 1. The van der Waals surface area contributed by atoms with E-state index in [2.05, 4.69) is 9.97 Å². The van der Waals surface area contributed by atoms with Gasteiger partial charge in [0.2, 0.25) is 5.95 Å². The smallest absolute Gasteiger partial charge is 0.302 e. The maximum absolute atomic E-state index is 13.3. The third kappa shape index (κ3) is 4.17. The summed E-state index contributed by atoms with van der Waals surface area (Å²) in [7, 11) is 0. The summed E-state index contributed by atoms with van der Waals surface area (Å²) in [6.07, 6.45) is 0. The number of phenolic OH excluding ortho intramolecular Hbond substituents is 1. The van der Waals surface area contributed by atoms with Gasteiger partial charge in [0.25, 0.3) is 5.78 Å². The molecule has 1 unspecified atom stereocenters. The number of nitrogens with zero attached hydrogens (tertiary/aromatic N) is 2. The van der Waals surface area contributed by atoms with E-state index in [1.807, 2.05) is 32.0 Å². The SMILES string of the molecule is CC(C)COc1cccc(/C(O)=C2\C(=O)C(=O)N(c3nc4ccccc4[nH]3)C2c2ccc(O)cc2)c1. The van der Waals surface area contributed by atoms with E-state index >= 15 is 0 Å². The number of phenols is 1. The molecule has 1 fully saturated rings. The number of Topliss-reactive ketones (excluding diaryl/α,β-unsaturated/α-hetero) is 1. The number of imidazole rings is 1. The van der Waals surface area contributed by atoms with Crippen LogP contribution >= 0.6 is 0 Å². The zero-order valence-electron chi connectivity index (χ0n) is 19.8. The van der Waals surface area contributed by atoms with E-state index in [1.54, 1.807) is 42.5 Å². The number of amides is 1. The van der Waals surface area contributed by atoms with Crippen molar-refractivity contribution < 1.29 is 24.5 Å². The minimum absolute atomic E-state index is 0.0365. The van der Waals surface area contributed by atoms with Crippen LogP contribution in [0.2, 0.25) is 0 Å². The topological polar surface area (TPSA) is 116 Å². The van der Waals surface area contributed by atoms with Crippen LogP contribution in [0.5, 0.6) is 11.5 Å². The quantitative estimate of drug-likeness (QED) is 0.203. The molecule has 0 radical (unpaired) electrons. The Morgan fingerprint density at radius 3 is 2.53 bits per heavy atom. The molecule has 36 heavy (non-hydrogen) atoms. The normalized spacial score (nSPS) is 17.3. The minimum atomic E-state index is -0.966. The van der Waals surface area contributed by atoms with Crippen LogP contribution in [0, 0.1) is 5.92 Å². The van der Waals surface area contributed by atoms with Crippen LogP contribution in [0.15, 0.2) is 78.4 Å². The largest absolute Gasteiger partial charge is 0.508 e. The zero-order chi connectivity index (χ0) is 25.4. The number of hydrogen-bond donors (Lipinski definition) is 3. The number of carbonyl (C=O) groups excluding carboxylic acids is 2. The van der Waals surface area contributed by atoms with Gasteiger partial charge in [0, 0.05) is 5.56 Å². The predicted octanol–water partition coefficient (Wildman–Crippen LogP) is 4.93. The fourth-order valence-electron chi connectivity index (χ4n) is 4.23. The number of aliphatic hydroxyl groups is 1. The highest BCUT2D eigenvalue weighted by Gasteiger charge is 2.48. The number of H-pyrrole nitrogens is 1. The van der Waals surface area contributed by atoms with Crippen molar-refractivity contribution in [3.05, 3.63) is 89.5 Å². The highest BCUT2D eigenvalue weighted by atomic mass is 16.5. The summed E-state index contributed by atoms with van der Waals surface area (Å²) in [5.74, 6) is -0.898. The number of ketones is 1. The molecule has 182 valence electrons. The van der Waals surface area contributed by atoms with E-state index in [9.17, 15) is 19.8 Å². The van der Waals surface area contributed by atoms with Crippen LogP contribution < -0.4 is 9.64 Å². The molecule has 0 spiro atoms. The second-order valence-corrected chi connectivity index (χ2v) is 9.07. The van der Waals surface area contributed by atoms with Crippen LogP contribution in [0.3, 0.4) is 0 Å². The maximum atomic E-state index is 13.3. The summed E-state index contributed by atoms with van der Waals surface area (Å²) in [6, 6.07) is 19.2. The highest BCUT2D eigenvalue weighted by Crippen LogP contribution is 2.42. The van der Waals surface area contributed by atoms with E-state index in [0.29, 0.717) is 40.4 Å². The van der Waals surface area contributed by atoms with Gasteiger partial charge >= 0.3 is 5.91 Å². The van der Waals surface area contributed by atoms with Gasteiger partial charge in [0.05, 0.1) is 29.3 Å². The molecule has 1 aromatic heterocycles. The van der Waals surface area contributed by atoms with Gasteiger partial charge in [-0.25, -0.2) is 4.98 Å². The Kier molecular flexibility index (Phi) is 5.93. The van der Waals surface area contributed by atoms with Crippen molar-refractivity contribution in [2.24, 2.45) is 5.92 Å². The van der Waals surface area contributed by atoms with Gasteiger partial charge in [-0.1, -0.05) is 50.2 Å². The Hall–Kier alpha value is -4.59. The number of para-hydroxylation sites is 2. The Labute approximate surface area is 207 Å². The first-order chi connectivity index (χ1) is 17.3. The van der Waals surface area contributed by atoms with E-state index < -0.39 is 17.7 Å². The number of aromatic amines is 1. The summed E-state index contributed by atoms with van der Waals surface area (Å²) < 4.78 is 5.78. The molecule has 2 heterocycles. The molecule has 0 saturated carbocycles. The Balaban J connectivity index is 1.65. The number of carbonyl (C=O) groups is 2. The molecule has 1 aliphatic heterocycles. The van der Waals surface area contributed by atoms with Gasteiger partial charge < -0.3 is 19.9 Å². The monoisotopic (exact) mass is 483 g/mol. The van der Waals surface area contributed by atoms with E-state index in [0.717, 1.165) is 0 Å². The number of fused-ring (bicyclic) bond motifs is 1. The second kappa shape index (κ2) is 9.22. The number of hydrogen-bond acceptors (Lipinski definition) is 6. The fourth-order valence-corrected chi connectivity index (χ4v) is 4.23. The lowest BCUT2D eigenvalue weighted by atomic mass is 9.95. The number of aromatic nitrogens is 2. The van der Waals surface area contributed by atoms with Crippen LogP contribution in [0.4, 0.5) is 5.95 Å². The zero-order valence-corrected chi connectivity index (χ0v) is 19.8. The molecule has 1 saturated heterocycles. The second-order valence-electron chi connectivity index (χ2n) is 9.07. The van der Waals surface area contributed by atoms with E-state index in [-0.39, 0.29) is 23.0 Å². The molecule has 1 aliphatic rings. The average Bonchev–Trinajstić information content (AvgIpc) is 3.41. The molecule has 3 aromatic carbocycles. The van der Waals surface area contributed by atoms with Gasteiger partial charge in [-0.2, -0.15) is 0 Å². The number of aromatic hydroxyl groups is 1. The van der Waals surface area contributed by atoms with Gasteiger partial charge in [-0.15, -0.1) is 0 Å². The summed E-state index contributed by atoms with van der Waals surface area (Å²) in [5, 5.41) is 21.2. The maximum Gasteiger partial charge on any atom is 0.302 e. The molecule has 8 nitrogen and oxygen atoms in total. The highest BCUT2D eigenvalue weighted by molar-refractivity contribution is 6.51. The first kappa shape index (κ1) is 23.2. The molecular weight excluding hydrogens is 458 g/mol. The standard InChI is InChI=1S/C28H25N3O5/c1-16(2)15-36-20-7-5-6-18(14-20)25(33)23-24(17-10-12-19(32)13-11-17)31(27(35)26(23)34)28-29-21-8-3-4-9-22(21)30-28/h3-14,16,24,32-33H,15H2,1-2H3,(H,29,30)/b25-23+. The Morgan fingerprint density at radius 1 is 1.06 bits per heavy atom. The van der Waals surface area contributed by atoms with Crippen molar-refractivity contribution in [3.63, 3.8) is 0 Å². The number of ether oxygens (including phenoxy) is 1. The van der Waals surface area contributed by atoms with Crippen LogP contribution in [-0.4, -0.2) is 38.5 Å². The third-order valence-corrected chi connectivity index (χ3v) is 5.95. The molecule has 0 aliphatic carbocycles.